The average molecular weight is 521 g/mol. The molecule has 0 spiro atoms. The number of benzene rings is 3. The Hall–Kier alpha value is -4.69. The number of aromatic nitrogens is 6. The van der Waals surface area contributed by atoms with E-state index in [0.717, 1.165) is 28.1 Å². The molecule has 1 atom stereocenters. The Morgan fingerprint density at radius 1 is 0.895 bits per heavy atom. The van der Waals surface area contributed by atoms with Crippen LogP contribution in [0.25, 0.3) is 11.3 Å². The molecular weight excluding hydrogens is 500 g/mol. The molecule has 8 nitrogen and oxygen atoms in total. The van der Waals surface area contributed by atoms with E-state index in [1.54, 1.807) is 23.0 Å². The fourth-order valence-electron chi connectivity index (χ4n) is 4.89. The van der Waals surface area contributed by atoms with Crippen LogP contribution in [0.4, 0.5) is 0 Å². The fraction of sp³-hybridized carbons (Fsp3) is 0.103. The molecule has 0 saturated carbocycles. The first-order chi connectivity index (χ1) is 18.7. The van der Waals surface area contributed by atoms with Gasteiger partial charge in [0.2, 0.25) is 11.8 Å². The van der Waals surface area contributed by atoms with Crippen molar-refractivity contribution in [3.63, 3.8) is 0 Å². The molecule has 9 heteroatoms. The van der Waals surface area contributed by atoms with E-state index < -0.39 is 0 Å². The highest BCUT2D eigenvalue weighted by atomic mass is 35.5. The molecule has 3 aromatic heterocycles. The zero-order valence-corrected chi connectivity index (χ0v) is 21.1. The van der Waals surface area contributed by atoms with Gasteiger partial charge >= 0.3 is 0 Å². The van der Waals surface area contributed by atoms with Crippen molar-refractivity contribution < 1.29 is 9.47 Å². The number of aryl methyl sites for hydroxylation is 1. The van der Waals surface area contributed by atoms with Gasteiger partial charge in [-0.3, -0.25) is 0 Å². The quantitative estimate of drug-likeness (QED) is 0.271. The van der Waals surface area contributed by atoms with Gasteiger partial charge in [0.1, 0.15) is 18.7 Å². The SMILES string of the molecule is Cc1nn(-c2ccccc2)c2c1[C@@H](c1ccccc1)c1c(ncn3nc(COc4ccc(Cl)cc4)nc13)O2. The van der Waals surface area contributed by atoms with Gasteiger partial charge in [-0.25, -0.2) is 19.2 Å². The highest BCUT2D eigenvalue weighted by Crippen LogP contribution is 2.49. The third-order valence-electron chi connectivity index (χ3n) is 6.58. The molecule has 0 bridgehead atoms. The molecule has 7 rings (SSSR count). The summed E-state index contributed by atoms with van der Waals surface area (Å²) in [5.74, 6) is 2.15. The number of halogens is 1. The Morgan fingerprint density at radius 2 is 1.63 bits per heavy atom. The molecule has 4 heterocycles. The molecule has 0 amide bonds. The predicted molar refractivity (Wildman–Crippen MR) is 142 cm³/mol. The van der Waals surface area contributed by atoms with Crippen LogP contribution in [0.3, 0.4) is 0 Å². The first-order valence-corrected chi connectivity index (χ1v) is 12.5. The van der Waals surface area contributed by atoms with Gasteiger partial charge in [-0.15, -0.1) is 5.10 Å². The zero-order chi connectivity index (χ0) is 25.6. The Bertz CT molecular complexity index is 1760. The minimum Gasteiger partial charge on any atom is -0.486 e. The van der Waals surface area contributed by atoms with Crippen LogP contribution < -0.4 is 9.47 Å². The van der Waals surface area contributed by atoms with Crippen LogP contribution in [0.1, 0.15) is 34.1 Å². The molecular formula is C29H21ClN6O2. The van der Waals surface area contributed by atoms with Gasteiger partial charge in [0.15, 0.2) is 11.5 Å². The van der Waals surface area contributed by atoms with E-state index in [1.807, 2.05) is 72.3 Å². The summed E-state index contributed by atoms with van der Waals surface area (Å²) in [5.41, 5.74) is 5.35. The fourth-order valence-corrected chi connectivity index (χ4v) is 5.01. The number of nitrogens with zero attached hydrogens (tertiary/aromatic N) is 6. The third-order valence-corrected chi connectivity index (χ3v) is 6.83. The van der Waals surface area contributed by atoms with Crippen molar-refractivity contribution in [3.05, 3.63) is 124 Å². The number of rotatable bonds is 5. The lowest BCUT2D eigenvalue weighted by atomic mass is 9.84. The molecule has 0 aliphatic carbocycles. The van der Waals surface area contributed by atoms with Gasteiger partial charge in [0.05, 0.1) is 28.4 Å². The highest BCUT2D eigenvalue weighted by Gasteiger charge is 2.38. The third kappa shape index (κ3) is 3.77. The van der Waals surface area contributed by atoms with Gasteiger partial charge < -0.3 is 9.47 Å². The minimum atomic E-state index is -0.196. The first-order valence-electron chi connectivity index (χ1n) is 12.2. The molecule has 0 fully saturated rings. The second-order valence-corrected chi connectivity index (χ2v) is 9.44. The number of ether oxygens (including phenoxy) is 2. The largest absolute Gasteiger partial charge is 0.486 e. The summed E-state index contributed by atoms with van der Waals surface area (Å²) in [7, 11) is 0. The van der Waals surface area contributed by atoms with Crippen molar-refractivity contribution in [2.24, 2.45) is 0 Å². The van der Waals surface area contributed by atoms with E-state index in [2.05, 4.69) is 22.2 Å². The Kier molecular flexibility index (Phi) is 5.33. The summed E-state index contributed by atoms with van der Waals surface area (Å²) >= 11 is 5.99. The maximum atomic E-state index is 6.46. The number of hydrogen-bond donors (Lipinski definition) is 0. The van der Waals surface area contributed by atoms with Gasteiger partial charge in [-0.2, -0.15) is 5.10 Å². The number of hydrogen-bond acceptors (Lipinski definition) is 6. The second kappa shape index (κ2) is 9.00. The highest BCUT2D eigenvalue weighted by molar-refractivity contribution is 6.30. The summed E-state index contributed by atoms with van der Waals surface area (Å²) in [6.45, 7) is 2.20. The Labute approximate surface area is 223 Å². The minimum absolute atomic E-state index is 0.196. The molecule has 38 heavy (non-hydrogen) atoms. The van der Waals surface area contributed by atoms with Crippen LogP contribution >= 0.6 is 11.6 Å². The predicted octanol–water partition coefficient (Wildman–Crippen LogP) is 6.14. The molecule has 1 aliphatic heterocycles. The van der Waals surface area contributed by atoms with Gasteiger partial charge in [0.25, 0.3) is 0 Å². The van der Waals surface area contributed by atoms with Crippen molar-refractivity contribution in [1.29, 1.82) is 0 Å². The van der Waals surface area contributed by atoms with Gasteiger partial charge in [0, 0.05) is 5.02 Å². The van der Waals surface area contributed by atoms with Crippen LogP contribution in [-0.2, 0) is 6.61 Å². The molecule has 0 saturated heterocycles. The van der Waals surface area contributed by atoms with Crippen LogP contribution in [0.15, 0.2) is 91.3 Å². The smallest absolute Gasteiger partial charge is 0.230 e. The van der Waals surface area contributed by atoms with E-state index in [4.69, 9.17) is 31.2 Å². The molecule has 0 radical (unpaired) electrons. The topological polar surface area (TPSA) is 79.4 Å². The van der Waals surface area contributed by atoms with Crippen LogP contribution in [0, 0.1) is 6.92 Å². The molecule has 0 unspecified atom stereocenters. The van der Waals surface area contributed by atoms with E-state index >= 15 is 0 Å². The summed E-state index contributed by atoms with van der Waals surface area (Å²) in [6.07, 6.45) is 1.62. The van der Waals surface area contributed by atoms with Crippen molar-refractivity contribution in [2.75, 3.05) is 0 Å². The number of fused-ring (bicyclic) bond motifs is 4. The lowest BCUT2D eigenvalue weighted by molar-refractivity contribution is 0.296. The molecule has 6 aromatic rings. The van der Waals surface area contributed by atoms with Crippen molar-refractivity contribution in [1.82, 2.24) is 29.4 Å². The zero-order valence-electron chi connectivity index (χ0n) is 20.3. The summed E-state index contributed by atoms with van der Waals surface area (Å²) < 4.78 is 15.9. The van der Waals surface area contributed by atoms with Crippen molar-refractivity contribution in [3.8, 4) is 23.2 Å². The van der Waals surface area contributed by atoms with Crippen LogP contribution in [0.5, 0.6) is 17.5 Å². The van der Waals surface area contributed by atoms with Crippen LogP contribution in [0.2, 0.25) is 5.02 Å². The van der Waals surface area contributed by atoms with Crippen molar-refractivity contribution in [2.45, 2.75) is 19.4 Å². The van der Waals surface area contributed by atoms with E-state index in [-0.39, 0.29) is 12.5 Å². The maximum Gasteiger partial charge on any atom is 0.230 e. The first kappa shape index (κ1) is 22.5. The molecule has 1 aliphatic rings. The van der Waals surface area contributed by atoms with Gasteiger partial charge in [-0.1, -0.05) is 60.1 Å². The Balaban J connectivity index is 1.36. The number of para-hydroxylation sites is 1. The van der Waals surface area contributed by atoms with Gasteiger partial charge in [-0.05, 0) is 48.9 Å². The molecule has 3 aromatic carbocycles. The van der Waals surface area contributed by atoms with Crippen LogP contribution in [-0.4, -0.2) is 29.4 Å². The van der Waals surface area contributed by atoms with E-state index in [0.29, 0.717) is 34.0 Å². The summed E-state index contributed by atoms with van der Waals surface area (Å²) in [5, 5.41) is 10.1. The molecule has 0 N–H and O–H groups in total. The normalized spacial score (nSPS) is 14.1. The summed E-state index contributed by atoms with van der Waals surface area (Å²) in [4.78, 5) is 9.50. The average Bonchev–Trinajstić information content (AvgIpc) is 3.53. The second-order valence-electron chi connectivity index (χ2n) is 9.00. The maximum absolute atomic E-state index is 6.46. The monoisotopic (exact) mass is 520 g/mol. The van der Waals surface area contributed by atoms with E-state index in [1.165, 1.54) is 0 Å². The lowest BCUT2D eigenvalue weighted by Gasteiger charge is -2.26. The van der Waals surface area contributed by atoms with Crippen molar-refractivity contribution >= 4 is 17.2 Å². The standard InChI is InChI=1S/C29H21ClN6O2/c1-18-24-25(19-8-4-2-5-9-19)26-27-32-23(16-37-22-14-12-20(30)13-15-22)34-35(27)17-31-28(26)38-29(24)36(33-18)21-10-6-3-7-11-21/h2-15,17,25H,16H2,1H3/t25-/m1/s1. The lowest BCUT2D eigenvalue weighted by Crippen LogP contribution is -2.16. The Morgan fingerprint density at radius 3 is 2.39 bits per heavy atom. The van der Waals surface area contributed by atoms with E-state index in [9.17, 15) is 0 Å². The summed E-state index contributed by atoms with van der Waals surface area (Å²) in [6, 6.07) is 27.4. The molecule has 186 valence electrons.